The number of rotatable bonds is 5. The summed E-state index contributed by atoms with van der Waals surface area (Å²) in [6.07, 6.45) is 3.51. The predicted octanol–water partition coefficient (Wildman–Crippen LogP) is 1.54. The molecule has 19 heavy (non-hydrogen) atoms. The number of hydrogen-bond donors (Lipinski definition) is 2. The zero-order valence-corrected chi connectivity index (χ0v) is 12.6. The summed E-state index contributed by atoms with van der Waals surface area (Å²) in [5, 5.41) is 3.01. The van der Waals surface area contributed by atoms with Gasteiger partial charge in [0, 0.05) is 31.0 Å². The van der Waals surface area contributed by atoms with Crippen molar-refractivity contribution in [2.45, 2.75) is 44.2 Å². The molecule has 5 nitrogen and oxygen atoms in total. The lowest BCUT2D eigenvalue weighted by molar-refractivity contribution is 0.316. The highest BCUT2D eigenvalue weighted by Gasteiger charge is 2.37. The van der Waals surface area contributed by atoms with Crippen molar-refractivity contribution in [3.63, 3.8) is 0 Å². The van der Waals surface area contributed by atoms with Crippen LogP contribution in [0.5, 0.6) is 0 Å². The van der Waals surface area contributed by atoms with E-state index >= 15 is 0 Å². The zero-order chi connectivity index (χ0) is 14.0. The molecule has 0 amide bonds. The van der Waals surface area contributed by atoms with Crippen molar-refractivity contribution in [3.05, 3.63) is 18.0 Å². The highest BCUT2D eigenvalue weighted by molar-refractivity contribution is 7.89. The molecule has 0 bridgehead atoms. The molecule has 2 heterocycles. The second kappa shape index (κ2) is 5.64. The van der Waals surface area contributed by atoms with E-state index in [1.807, 2.05) is 7.05 Å². The number of H-pyrrole nitrogens is 1. The Morgan fingerprint density at radius 1 is 1.53 bits per heavy atom. The Balaban J connectivity index is 2.25. The smallest absolute Gasteiger partial charge is 0.244 e. The first-order chi connectivity index (χ1) is 8.96. The fraction of sp³-hybridized carbons (Fsp3) is 0.692. The molecule has 1 aromatic heterocycles. The molecule has 1 aliphatic heterocycles. The van der Waals surface area contributed by atoms with Crippen LogP contribution in [0.1, 0.15) is 32.4 Å². The topological polar surface area (TPSA) is 65.2 Å². The normalized spacial score (nSPS) is 21.4. The maximum absolute atomic E-state index is 12.7. The number of sulfonamides is 1. The lowest BCUT2D eigenvalue weighted by Crippen LogP contribution is -2.38. The first-order valence-electron chi connectivity index (χ1n) is 6.80. The molecule has 1 aliphatic rings. The summed E-state index contributed by atoms with van der Waals surface area (Å²) in [7, 11) is -1.52. The van der Waals surface area contributed by atoms with Gasteiger partial charge in [0.25, 0.3) is 0 Å². The molecule has 6 heteroatoms. The Morgan fingerprint density at radius 3 is 2.89 bits per heavy atom. The lowest BCUT2D eigenvalue weighted by Gasteiger charge is -2.26. The van der Waals surface area contributed by atoms with E-state index in [1.54, 1.807) is 16.6 Å². The highest BCUT2D eigenvalue weighted by Crippen LogP contribution is 2.30. The largest absolute Gasteiger partial charge is 0.363 e. The Kier molecular flexibility index (Phi) is 4.32. The maximum Gasteiger partial charge on any atom is 0.244 e. The SMILES string of the molecule is CNCc1cc(S(=O)(=O)N2CCCC2C(C)C)c[nH]1. The zero-order valence-electron chi connectivity index (χ0n) is 11.8. The van der Waals surface area contributed by atoms with Crippen LogP contribution in [-0.2, 0) is 16.6 Å². The Labute approximate surface area is 115 Å². The molecule has 0 saturated carbocycles. The first kappa shape index (κ1) is 14.6. The molecule has 0 radical (unpaired) electrons. The van der Waals surface area contributed by atoms with Crippen molar-refractivity contribution in [3.8, 4) is 0 Å². The van der Waals surface area contributed by atoms with E-state index in [9.17, 15) is 8.42 Å². The minimum atomic E-state index is -3.36. The van der Waals surface area contributed by atoms with E-state index in [4.69, 9.17) is 0 Å². The molecular formula is C13H23N3O2S. The van der Waals surface area contributed by atoms with Crippen LogP contribution in [0.2, 0.25) is 0 Å². The van der Waals surface area contributed by atoms with Crippen LogP contribution in [0.15, 0.2) is 17.2 Å². The van der Waals surface area contributed by atoms with Gasteiger partial charge in [-0.05, 0) is 31.9 Å². The minimum Gasteiger partial charge on any atom is -0.363 e. The second-order valence-electron chi connectivity index (χ2n) is 5.46. The van der Waals surface area contributed by atoms with Gasteiger partial charge in [0.2, 0.25) is 10.0 Å². The number of nitrogens with zero attached hydrogens (tertiary/aromatic N) is 1. The summed E-state index contributed by atoms with van der Waals surface area (Å²) >= 11 is 0. The van der Waals surface area contributed by atoms with Gasteiger partial charge in [-0.3, -0.25) is 0 Å². The second-order valence-corrected chi connectivity index (χ2v) is 7.35. The molecule has 108 valence electrons. The van der Waals surface area contributed by atoms with Crippen LogP contribution < -0.4 is 5.32 Å². The van der Waals surface area contributed by atoms with Crippen molar-refractivity contribution in [2.75, 3.05) is 13.6 Å². The number of aromatic amines is 1. The van der Waals surface area contributed by atoms with E-state index in [-0.39, 0.29) is 6.04 Å². The van der Waals surface area contributed by atoms with Crippen molar-refractivity contribution in [1.82, 2.24) is 14.6 Å². The summed E-state index contributed by atoms with van der Waals surface area (Å²) < 4.78 is 27.0. The molecular weight excluding hydrogens is 262 g/mol. The Hall–Kier alpha value is -0.850. The quantitative estimate of drug-likeness (QED) is 0.862. The third-order valence-corrected chi connectivity index (χ3v) is 5.61. The standard InChI is InChI=1S/C13H23N3O2S/c1-10(2)13-5-4-6-16(13)19(17,18)12-7-11(8-14-3)15-9-12/h7,9-10,13-15H,4-6,8H2,1-3H3. The van der Waals surface area contributed by atoms with E-state index in [1.165, 1.54) is 0 Å². The van der Waals surface area contributed by atoms with Gasteiger partial charge in [-0.1, -0.05) is 13.8 Å². The number of hydrogen-bond acceptors (Lipinski definition) is 3. The summed E-state index contributed by atoms with van der Waals surface area (Å²) in [6.45, 7) is 5.45. The molecule has 1 atom stereocenters. The summed E-state index contributed by atoms with van der Waals surface area (Å²) in [4.78, 5) is 3.39. The van der Waals surface area contributed by atoms with Gasteiger partial charge in [-0.25, -0.2) is 8.42 Å². The van der Waals surface area contributed by atoms with E-state index in [2.05, 4.69) is 24.1 Å². The molecule has 0 aliphatic carbocycles. The third kappa shape index (κ3) is 2.85. The van der Waals surface area contributed by atoms with Gasteiger partial charge in [0.05, 0.1) is 4.90 Å². The van der Waals surface area contributed by atoms with Crippen molar-refractivity contribution in [2.24, 2.45) is 5.92 Å². The van der Waals surface area contributed by atoms with Crippen molar-refractivity contribution < 1.29 is 8.42 Å². The summed E-state index contributed by atoms with van der Waals surface area (Å²) in [5.74, 6) is 0.355. The predicted molar refractivity (Wildman–Crippen MR) is 75.3 cm³/mol. The monoisotopic (exact) mass is 285 g/mol. The molecule has 1 fully saturated rings. The molecule has 0 aromatic carbocycles. The molecule has 2 rings (SSSR count). The first-order valence-corrected chi connectivity index (χ1v) is 8.24. The van der Waals surface area contributed by atoms with Gasteiger partial charge < -0.3 is 10.3 Å². The third-order valence-electron chi connectivity index (χ3n) is 3.71. The van der Waals surface area contributed by atoms with Crippen LogP contribution in [0.4, 0.5) is 0 Å². The van der Waals surface area contributed by atoms with Gasteiger partial charge in [-0.2, -0.15) is 4.31 Å². The fourth-order valence-corrected chi connectivity index (χ4v) is 4.57. The minimum absolute atomic E-state index is 0.132. The van der Waals surface area contributed by atoms with Crippen molar-refractivity contribution in [1.29, 1.82) is 0 Å². The average Bonchev–Trinajstić information content (AvgIpc) is 2.97. The highest BCUT2D eigenvalue weighted by atomic mass is 32.2. The van der Waals surface area contributed by atoms with E-state index in [0.29, 0.717) is 23.9 Å². The maximum atomic E-state index is 12.7. The Bertz CT molecular complexity index is 522. The number of aromatic nitrogens is 1. The van der Waals surface area contributed by atoms with Crippen LogP contribution in [0.3, 0.4) is 0 Å². The fourth-order valence-electron chi connectivity index (χ4n) is 2.73. The van der Waals surface area contributed by atoms with Gasteiger partial charge in [-0.15, -0.1) is 0 Å². The average molecular weight is 285 g/mol. The van der Waals surface area contributed by atoms with Crippen LogP contribution >= 0.6 is 0 Å². The Morgan fingerprint density at radius 2 is 2.26 bits per heavy atom. The summed E-state index contributed by atoms with van der Waals surface area (Å²) in [5.41, 5.74) is 0.890. The van der Waals surface area contributed by atoms with Crippen LogP contribution in [-0.4, -0.2) is 37.3 Å². The number of nitrogens with one attached hydrogen (secondary N) is 2. The molecule has 1 saturated heterocycles. The molecule has 1 aromatic rings. The van der Waals surface area contributed by atoms with Gasteiger partial charge >= 0.3 is 0 Å². The van der Waals surface area contributed by atoms with Crippen LogP contribution in [0.25, 0.3) is 0 Å². The van der Waals surface area contributed by atoms with E-state index in [0.717, 1.165) is 18.5 Å². The van der Waals surface area contributed by atoms with Gasteiger partial charge in [0.1, 0.15) is 0 Å². The van der Waals surface area contributed by atoms with Gasteiger partial charge in [0.15, 0.2) is 0 Å². The van der Waals surface area contributed by atoms with Crippen LogP contribution in [0, 0.1) is 5.92 Å². The molecule has 2 N–H and O–H groups in total. The molecule has 1 unspecified atom stereocenters. The van der Waals surface area contributed by atoms with E-state index < -0.39 is 10.0 Å². The lowest BCUT2D eigenvalue weighted by atomic mass is 10.0. The van der Waals surface area contributed by atoms with Crippen molar-refractivity contribution >= 4 is 10.0 Å². The molecule has 0 spiro atoms. The summed E-state index contributed by atoms with van der Waals surface area (Å²) in [6, 6.07) is 1.86.